The summed E-state index contributed by atoms with van der Waals surface area (Å²) in [7, 11) is 1.69. The number of hydrogen-bond donors (Lipinski definition) is 0. The molecule has 29 heavy (non-hydrogen) atoms. The van der Waals surface area contributed by atoms with Gasteiger partial charge in [0.2, 0.25) is 0 Å². The van der Waals surface area contributed by atoms with Crippen molar-refractivity contribution in [2.75, 3.05) is 33.4 Å². The summed E-state index contributed by atoms with van der Waals surface area (Å²) in [6, 6.07) is 7.32. The van der Waals surface area contributed by atoms with Crippen LogP contribution in [0.2, 0.25) is 0 Å². The highest BCUT2D eigenvalue weighted by Crippen LogP contribution is 2.39. The standard InChI is InChI=1S/C23H30N2O3S/c1-15-16(2)22(28-9-8-27-4)6-5-21(15)17(3)24-12-20-11-19(24)13-25(20)23(26)18-7-10-29-14-18/h5-7,10,14,17,19-20H,8-9,11-13H2,1-4H3/t17-,19-,20-/m0/s1. The summed E-state index contributed by atoms with van der Waals surface area (Å²) in [5.41, 5.74) is 4.67. The van der Waals surface area contributed by atoms with E-state index >= 15 is 0 Å². The molecule has 0 radical (unpaired) electrons. The molecule has 1 amide bonds. The lowest BCUT2D eigenvalue weighted by Crippen LogP contribution is -2.49. The van der Waals surface area contributed by atoms with Crippen LogP contribution in [0.15, 0.2) is 29.0 Å². The van der Waals surface area contributed by atoms with Crippen molar-refractivity contribution >= 4 is 17.2 Å². The molecule has 0 aliphatic carbocycles. The van der Waals surface area contributed by atoms with Crippen LogP contribution in [0.1, 0.15) is 46.4 Å². The van der Waals surface area contributed by atoms with E-state index in [0.29, 0.717) is 31.3 Å². The van der Waals surface area contributed by atoms with E-state index in [1.807, 2.05) is 16.8 Å². The molecule has 1 aromatic carbocycles. The number of piperazine rings is 1. The van der Waals surface area contributed by atoms with Crippen molar-refractivity contribution in [2.24, 2.45) is 0 Å². The summed E-state index contributed by atoms with van der Waals surface area (Å²) in [4.78, 5) is 17.4. The molecule has 3 heterocycles. The Morgan fingerprint density at radius 3 is 2.66 bits per heavy atom. The van der Waals surface area contributed by atoms with E-state index < -0.39 is 0 Å². The van der Waals surface area contributed by atoms with Gasteiger partial charge in [0.25, 0.3) is 5.91 Å². The summed E-state index contributed by atoms with van der Waals surface area (Å²) < 4.78 is 10.9. The summed E-state index contributed by atoms with van der Waals surface area (Å²) in [6.45, 7) is 9.55. The van der Waals surface area contributed by atoms with E-state index in [1.54, 1.807) is 18.4 Å². The quantitative estimate of drug-likeness (QED) is 0.641. The zero-order valence-corrected chi connectivity index (χ0v) is 18.5. The SMILES string of the molecule is COCCOc1ccc([C@H](C)N2C[C@@H]3C[C@H]2CN3C(=O)c2ccsc2)c(C)c1C. The fraction of sp³-hybridized carbons (Fsp3) is 0.522. The number of fused-ring (bicyclic) bond motifs is 2. The van der Waals surface area contributed by atoms with E-state index in [9.17, 15) is 4.79 Å². The maximum absolute atomic E-state index is 12.8. The molecule has 2 aliphatic heterocycles. The number of nitrogens with zero attached hydrogens (tertiary/aromatic N) is 2. The van der Waals surface area contributed by atoms with Gasteiger partial charge >= 0.3 is 0 Å². The van der Waals surface area contributed by atoms with Gasteiger partial charge in [-0.2, -0.15) is 11.3 Å². The van der Waals surface area contributed by atoms with Crippen molar-refractivity contribution in [1.82, 2.24) is 9.80 Å². The average Bonchev–Trinajstić information content (AvgIpc) is 3.47. The molecule has 6 heteroatoms. The third-order valence-electron chi connectivity index (χ3n) is 6.58. The zero-order valence-electron chi connectivity index (χ0n) is 17.7. The number of methoxy groups -OCH3 is 1. The van der Waals surface area contributed by atoms with E-state index in [0.717, 1.165) is 30.8 Å². The number of carbonyl (C=O) groups is 1. The topological polar surface area (TPSA) is 42.0 Å². The van der Waals surface area contributed by atoms with Gasteiger partial charge in [0.15, 0.2) is 0 Å². The Bertz CT molecular complexity index is 867. The minimum atomic E-state index is 0.190. The van der Waals surface area contributed by atoms with Gasteiger partial charge in [-0.1, -0.05) is 6.07 Å². The Balaban J connectivity index is 1.44. The van der Waals surface area contributed by atoms with Crippen LogP contribution in [-0.4, -0.2) is 61.2 Å². The van der Waals surface area contributed by atoms with Crippen LogP contribution < -0.4 is 4.74 Å². The second kappa shape index (κ2) is 8.46. The van der Waals surface area contributed by atoms with Gasteiger partial charge < -0.3 is 14.4 Å². The molecule has 2 aromatic rings. The first-order chi connectivity index (χ1) is 14.0. The molecule has 3 atom stereocenters. The van der Waals surface area contributed by atoms with Crippen molar-refractivity contribution in [3.63, 3.8) is 0 Å². The number of rotatable bonds is 7. The molecule has 0 unspecified atom stereocenters. The lowest BCUT2D eigenvalue weighted by Gasteiger charge is -2.38. The van der Waals surface area contributed by atoms with Gasteiger partial charge in [-0.25, -0.2) is 0 Å². The van der Waals surface area contributed by atoms with E-state index in [-0.39, 0.29) is 5.91 Å². The molecule has 5 nitrogen and oxygen atoms in total. The maximum Gasteiger partial charge on any atom is 0.255 e. The summed E-state index contributed by atoms with van der Waals surface area (Å²) in [5, 5.41) is 3.93. The van der Waals surface area contributed by atoms with Gasteiger partial charge in [0.05, 0.1) is 12.2 Å². The minimum absolute atomic E-state index is 0.190. The largest absolute Gasteiger partial charge is 0.491 e. The van der Waals surface area contributed by atoms with Gasteiger partial charge in [-0.05, 0) is 61.4 Å². The van der Waals surface area contributed by atoms with E-state index in [1.165, 1.54) is 16.7 Å². The molecule has 0 N–H and O–H groups in total. The van der Waals surface area contributed by atoms with Crippen molar-refractivity contribution in [2.45, 2.75) is 45.3 Å². The number of amides is 1. The average molecular weight is 415 g/mol. The van der Waals surface area contributed by atoms with Gasteiger partial charge in [-0.3, -0.25) is 9.69 Å². The molecular weight excluding hydrogens is 384 g/mol. The minimum Gasteiger partial charge on any atom is -0.491 e. The maximum atomic E-state index is 12.8. The fourth-order valence-electron chi connectivity index (χ4n) is 4.81. The molecular formula is C23H30N2O3S. The van der Waals surface area contributed by atoms with Crippen LogP contribution in [0.5, 0.6) is 5.75 Å². The van der Waals surface area contributed by atoms with E-state index in [4.69, 9.17) is 9.47 Å². The first-order valence-electron chi connectivity index (χ1n) is 10.3. The Morgan fingerprint density at radius 1 is 1.17 bits per heavy atom. The first kappa shape index (κ1) is 20.4. The number of likely N-dealkylation sites (tertiary alicyclic amines) is 2. The van der Waals surface area contributed by atoms with Crippen molar-refractivity contribution in [3.05, 3.63) is 51.2 Å². The van der Waals surface area contributed by atoms with Crippen LogP contribution in [0.4, 0.5) is 0 Å². The summed E-state index contributed by atoms with van der Waals surface area (Å²) in [6.07, 6.45) is 1.08. The van der Waals surface area contributed by atoms with Crippen molar-refractivity contribution < 1.29 is 14.3 Å². The Hall–Kier alpha value is -1.89. The lowest BCUT2D eigenvalue weighted by atomic mass is 9.96. The van der Waals surface area contributed by atoms with Crippen LogP contribution in [-0.2, 0) is 4.74 Å². The summed E-state index contributed by atoms with van der Waals surface area (Å²) in [5.74, 6) is 1.13. The Kier molecular flexibility index (Phi) is 5.95. The number of carbonyl (C=O) groups excluding carboxylic acids is 1. The van der Waals surface area contributed by atoms with Gasteiger partial charge in [0.1, 0.15) is 12.4 Å². The van der Waals surface area contributed by atoms with Gasteiger partial charge in [-0.15, -0.1) is 0 Å². The lowest BCUT2D eigenvalue weighted by molar-refractivity contribution is 0.0569. The fourth-order valence-corrected chi connectivity index (χ4v) is 5.44. The highest BCUT2D eigenvalue weighted by molar-refractivity contribution is 7.08. The molecule has 0 spiro atoms. The first-order valence-corrected chi connectivity index (χ1v) is 11.3. The van der Waals surface area contributed by atoms with Crippen molar-refractivity contribution in [3.8, 4) is 5.75 Å². The molecule has 2 fully saturated rings. The summed E-state index contributed by atoms with van der Waals surface area (Å²) >= 11 is 1.58. The van der Waals surface area contributed by atoms with Crippen LogP contribution in [0.25, 0.3) is 0 Å². The zero-order chi connectivity index (χ0) is 20.5. The number of ether oxygens (including phenoxy) is 2. The van der Waals surface area contributed by atoms with Crippen LogP contribution in [0.3, 0.4) is 0 Å². The van der Waals surface area contributed by atoms with E-state index in [2.05, 4.69) is 42.7 Å². The molecule has 2 bridgehead atoms. The number of benzene rings is 1. The molecule has 2 saturated heterocycles. The predicted octanol–water partition coefficient (Wildman–Crippen LogP) is 4.05. The molecule has 156 valence electrons. The molecule has 1 aromatic heterocycles. The van der Waals surface area contributed by atoms with Crippen LogP contribution in [0, 0.1) is 13.8 Å². The highest BCUT2D eigenvalue weighted by atomic mass is 32.1. The predicted molar refractivity (Wildman–Crippen MR) is 116 cm³/mol. The van der Waals surface area contributed by atoms with Crippen molar-refractivity contribution in [1.29, 1.82) is 0 Å². The third kappa shape index (κ3) is 3.81. The van der Waals surface area contributed by atoms with Gasteiger partial charge in [0, 0.05) is 43.7 Å². The second-order valence-corrected chi connectivity index (χ2v) is 8.91. The Labute approximate surface area is 177 Å². The molecule has 2 aliphatic rings. The second-order valence-electron chi connectivity index (χ2n) is 8.13. The third-order valence-corrected chi connectivity index (χ3v) is 7.27. The normalized spacial score (nSPS) is 22.3. The number of thiophene rings is 1. The molecule has 4 rings (SSSR count). The highest BCUT2D eigenvalue weighted by Gasteiger charge is 2.47. The van der Waals surface area contributed by atoms with Crippen LogP contribution >= 0.6 is 11.3 Å². The monoisotopic (exact) mass is 414 g/mol. The Morgan fingerprint density at radius 2 is 2.00 bits per heavy atom. The number of hydrogen-bond acceptors (Lipinski definition) is 5. The molecule has 0 saturated carbocycles. The smallest absolute Gasteiger partial charge is 0.255 e.